The number of benzene rings is 1. The van der Waals surface area contributed by atoms with Crippen LogP contribution in [-0.4, -0.2) is 56.6 Å². The number of nitrogens with one attached hydrogen (secondary N) is 1. The van der Waals surface area contributed by atoms with Crippen molar-refractivity contribution in [3.8, 4) is 11.4 Å². The molecule has 0 amide bonds. The first kappa shape index (κ1) is 23.4. The molecule has 180 valence electrons. The molecule has 3 aromatic heterocycles. The summed E-state index contributed by atoms with van der Waals surface area (Å²) in [5, 5.41) is 14.5. The zero-order chi connectivity index (χ0) is 24.3. The molecule has 1 aromatic carbocycles. The number of methoxy groups -OCH3 is 1. The van der Waals surface area contributed by atoms with Crippen molar-refractivity contribution >= 4 is 23.1 Å². The van der Waals surface area contributed by atoms with Gasteiger partial charge in [0.25, 0.3) is 0 Å². The molecule has 1 aliphatic rings. The van der Waals surface area contributed by atoms with Crippen molar-refractivity contribution in [1.82, 2.24) is 24.1 Å². The van der Waals surface area contributed by atoms with Gasteiger partial charge in [0.05, 0.1) is 18.9 Å². The third kappa shape index (κ3) is 4.62. The fourth-order valence-electron chi connectivity index (χ4n) is 3.85. The van der Waals surface area contributed by atoms with Crippen LogP contribution in [0, 0.1) is 0 Å². The standard InChI is InChI=1S/C21H20F3N7O.CH4O/c1-32-17-7-6-14(11-15(17)21(22,23)24)30-12-18(25-13-30)26-20-27-19(29-8-2-3-9-29)16-5-4-10-31(16)28-20;1-2/h4-7,10-13H,2-3,8-9H2,1H3,(H,26,28);2H,1H3. The number of fused-ring (bicyclic) bond motifs is 1. The monoisotopic (exact) mass is 475 g/mol. The van der Waals surface area contributed by atoms with E-state index in [-0.39, 0.29) is 5.75 Å². The first-order chi connectivity index (χ1) is 16.4. The number of rotatable bonds is 5. The first-order valence-electron chi connectivity index (χ1n) is 10.5. The molecule has 34 heavy (non-hydrogen) atoms. The Morgan fingerprint density at radius 3 is 2.59 bits per heavy atom. The molecule has 0 bridgehead atoms. The number of hydrogen-bond donors (Lipinski definition) is 2. The van der Waals surface area contributed by atoms with Gasteiger partial charge in [-0.25, -0.2) is 9.50 Å². The zero-order valence-electron chi connectivity index (χ0n) is 18.6. The summed E-state index contributed by atoms with van der Waals surface area (Å²) in [6, 6.07) is 7.72. The van der Waals surface area contributed by atoms with Crippen LogP contribution >= 0.6 is 0 Å². The van der Waals surface area contributed by atoms with Gasteiger partial charge in [0, 0.05) is 32.1 Å². The average molecular weight is 475 g/mol. The second-order valence-electron chi connectivity index (χ2n) is 7.46. The summed E-state index contributed by atoms with van der Waals surface area (Å²) in [6.07, 6.45) is 2.56. The van der Waals surface area contributed by atoms with Crippen LogP contribution in [-0.2, 0) is 6.18 Å². The maximum atomic E-state index is 13.4. The van der Waals surface area contributed by atoms with Gasteiger partial charge < -0.3 is 24.6 Å². The van der Waals surface area contributed by atoms with Gasteiger partial charge in [0.1, 0.15) is 17.6 Å². The molecule has 0 spiro atoms. The zero-order valence-corrected chi connectivity index (χ0v) is 18.6. The molecule has 0 unspecified atom stereocenters. The van der Waals surface area contributed by atoms with Gasteiger partial charge in [-0.2, -0.15) is 18.2 Å². The molecule has 4 heterocycles. The third-order valence-electron chi connectivity index (χ3n) is 5.39. The Balaban J connectivity index is 0.00000133. The lowest BCUT2D eigenvalue weighted by atomic mass is 10.1. The third-order valence-corrected chi connectivity index (χ3v) is 5.39. The van der Waals surface area contributed by atoms with E-state index < -0.39 is 11.7 Å². The molecule has 5 rings (SSSR count). The van der Waals surface area contributed by atoms with E-state index in [1.807, 2.05) is 18.3 Å². The molecule has 1 fully saturated rings. The molecule has 12 heteroatoms. The van der Waals surface area contributed by atoms with E-state index in [0.717, 1.165) is 50.4 Å². The topological polar surface area (TPSA) is 92.7 Å². The second-order valence-corrected chi connectivity index (χ2v) is 7.46. The number of halogens is 3. The number of alkyl halides is 3. The van der Waals surface area contributed by atoms with Crippen LogP contribution in [0.5, 0.6) is 5.75 Å². The van der Waals surface area contributed by atoms with Crippen molar-refractivity contribution in [2.75, 3.05) is 37.5 Å². The van der Waals surface area contributed by atoms with Gasteiger partial charge in [0.15, 0.2) is 11.6 Å². The summed E-state index contributed by atoms with van der Waals surface area (Å²) in [5.41, 5.74) is 0.372. The highest BCUT2D eigenvalue weighted by Crippen LogP contribution is 2.37. The highest BCUT2D eigenvalue weighted by Gasteiger charge is 2.34. The van der Waals surface area contributed by atoms with Crippen molar-refractivity contribution in [2.45, 2.75) is 19.0 Å². The number of aliphatic hydroxyl groups excluding tert-OH is 1. The minimum absolute atomic E-state index is 0.234. The van der Waals surface area contributed by atoms with Crippen LogP contribution in [0.2, 0.25) is 0 Å². The van der Waals surface area contributed by atoms with Crippen LogP contribution < -0.4 is 15.0 Å². The smallest absolute Gasteiger partial charge is 0.420 e. The van der Waals surface area contributed by atoms with Gasteiger partial charge in [-0.15, -0.1) is 5.10 Å². The minimum atomic E-state index is -4.53. The van der Waals surface area contributed by atoms with Crippen molar-refractivity contribution in [2.24, 2.45) is 0 Å². The van der Waals surface area contributed by atoms with Crippen LogP contribution in [0.3, 0.4) is 0 Å². The van der Waals surface area contributed by atoms with E-state index in [0.29, 0.717) is 17.5 Å². The van der Waals surface area contributed by atoms with Gasteiger partial charge in [-0.3, -0.25) is 0 Å². The Morgan fingerprint density at radius 2 is 1.88 bits per heavy atom. The number of nitrogens with zero attached hydrogens (tertiary/aromatic N) is 6. The number of ether oxygens (including phenoxy) is 1. The van der Waals surface area contributed by atoms with E-state index in [2.05, 4.69) is 25.3 Å². The van der Waals surface area contributed by atoms with Crippen LogP contribution in [0.25, 0.3) is 11.2 Å². The first-order valence-corrected chi connectivity index (χ1v) is 10.5. The summed E-state index contributed by atoms with van der Waals surface area (Å²) in [4.78, 5) is 11.1. The molecular weight excluding hydrogens is 451 g/mol. The van der Waals surface area contributed by atoms with E-state index >= 15 is 0 Å². The molecule has 1 aliphatic heterocycles. The van der Waals surface area contributed by atoms with E-state index in [4.69, 9.17) is 9.84 Å². The lowest BCUT2D eigenvalue weighted by Crippen LogP contribution is -2.21. The number of aromatic nitrogens is 5. The molecule has 0 atom stereocenters. The fraction of sp³-hybridized carbons (Fsp3) is 0.318. The number of hydrogen-bond acceptors (Lipinski definition) is 7. The molecule has 0 radical (unpaired) electrons. The molecule has 1 saturated heterocycles. The SMILES string of the molecule is CO.COc1ccc(-n2cnc(Nc3nc(N4CCCC4)c4cccn4n3)c2)cc1C(F)(F)F. The lowest BCUT2D eigenvalue weighted by molar-refractivity contribution is -0.138. The van der Waals surface area contributed by atoms with E-state index in [9.17, 15) is 13.2 Å². The Bertz CT molecular complexity index is 1260. The summed E-state index contributed by atoms with van der Waals surface area (Å²) in [5.74, 6) is 1.37. The van der Waals surface area contributed by atoms with Gasteiger partial charge in [0.2, 0.25) is 5.95 Å². The second kappa shape index (κ2) is 9.59. The highest BCUT2D eigenvalue weighted by molar-refractivity contribution is 5.71. The van der Waals surface area contributed by atoms with E-state index in [1.165, 1.54) is 30.1 Å². The lowest BCUT2D eigenvalue weighted by Gasteiger charge is -2.18. The van der Waals surface area contributed by atoms with Crippen molar-refractivity contribution in [3.05, 3.63) is 54.6 Å². The maximum Gasteiger partial charge on any atom is 0.420 e. The predicted molar refractivity (Wildman–Crippen MR) is 121 cm³/mol. The van der Waals surface area contributed by atoms with Crippen LogP contribution in [0.1, 0.15) is 18.4 Å². The molecule has 9 nitrogen and oxygen atoms in total. The Hall–Kier alpha value is -3.80. The molecule has 4 aromatic rings. The molecule has 2 N–H and O–H groups in total. The van der Waals surface area contributed by atoms with Crippen molar-refractivity contribution < 1.29 is 23.0 Å². The summed E-state index contributed by atoms with van der Waals surface area (Å²) in [7, 11) is 2.21. The molecule has 0 aliphatic carbocycles. The fourth-order valence-corrected chi connectivity index (χ4v) is 3.85. The molecule has 0 saturated carbocycles. The quantitative estimate of drug-likeness (QED) is 0.452. The Labute approximate surface area is 193 Å². The number of imidazole rings is 1. The highest BCUT2D eigenvalue weighted by atomic mass is 19.4. The van der Waals surface area contributed by atoms with Crippen LogP contribution in [0.4, 0.5) is 30.8 Å². The van der Waals surface area contributed by atoms with Crippen molar-refractivity contribution in [3.63, 3.8) is 0 Å². The Kier molecular flexibility index (Phi) is 6.59. The van der Waals surface area contributed by atoms with Gasteiger partial charge in [-0.05, 0) is 43.2 Å². The van der Waals surface area contributed by atoms with Gasteiger partial charge >= 0.3 is 6.18 Å². The summed E-state index contributed by atoms with van der Waals surface area (Å²) >= 11 is 0. The number of anilines is 3. The Morgan fingerprint density at radius 1 is 1.12 bits per heavy atom. The number of aliphatic hydroxyl groups is 1. The largest absolute Gasteiger partial charge is 0.496 e. The van der Waals surface area contributed by atoms with Crippen molar-refractivity contribution in [1.29, 1.82) is 0 Å². The minimum Gasteiger partial charge on any atom is -0.496 e. The van der Waals surface area contributed by atoms with Gasteiger partial charge in [-0.1, -0.05) is 0 Å². The van der Waals surface area contributed by atoms with Crippen LogP contribution in [0.15, 0.2) is 49.1 Å². The van der Waals surface area contributed by atoms with E-state index in [1.54, 1.807) is 10.7 Å². The normalized spacial score (nSPS) is 13.6. The molecular formula is C22H24F3N7O2. The predicted octanol–water partition coefficient (Wildman–Crippen LogP) is 3.89. The maximum absolute atomic E-state index is 13.4. The summed E-state index contributed by atoms with van der Waals surface area (Å²) < 4.78 is 48.1. The average Bonchev–Trinajstić information content (AvgIpc) is 3.61. The summed E-state index contributed by atoms with van der Waals surface area (Å²) in [6.45, 7) is 1.87.